The van der Waals surface area contributed by atoms with Gasteiger partial charge in [0.25, 0.3) is 0 Å². The predicted octanol–water partition coefficient (Wildman–Crippen LogP) is 1.45. The summed E-state index contributed by atoms with van der Waals surface area (Å²) in [5.41, 5.74) is 5.64. The van der Waals surface area contributed by atoms with E-state index < -0.39 is 0 Å². The monoisotopic (exact) mass is 213 g/mol. The summed E-state index contributed by atoms with van der Waals surface area (Å²) in [6.07, 6.45) is 2.04. The largest absolute Gasteiger partial charge is 0.374 e. The Morgan fingerprint density at radius 3 is 2.87 bits per heavy atom. The average Bonchev–Trinajstić information content (AvgIpc) is 2.71. The lowest BCUT2D eigenvalue weighted by Gasteiger charge is -2.06. The fourth-order valence-corrected chi connectivity index (χ4v) is 1.38. The minimum atomic E-state index is 0.179. The summed E-state index contributed by atoms with van der Waals surface area (Å²) in [5.74, 6) is 1.41. The number of rotatable bonds is 7. The van der Waals surface area contributed by atoms with Gasteiger partial charge in [0.05, 0.1) is 5.92 Å². The van der Waals surface area contributed by atoms with Gasteiger partial charge in [-0.3, -0.25) is 0 Å². The van der Waals surface area contributed by atoms with Crippen molar-refractivity contribution in [2.45, 2.75) is 39.2 Å². The van der Waals surface area contributed by atoms with Crippen molar-refractivity contribution in [1.29, 1.82) is 0 Å². The topological polar surface area (TPSA) is 74.2 Å². The number of nitrogens with two attached hydrogens (primary N) is 1. The standard InChI is InChI=1S/C10H19N3O2/c1-3-5-8(6-11)10-12-9(13-15-10)7-14-4-2/h8H,3-7,11H2,1-2H3. The lowest BCUT2D eigenvalue weighted by atomic mass is 10.0. The van der Waals surface area contributed by atoms with E-state index in [9.17, 15) is 0 Å². The van der Waals surface area contributed by atoms with E-state index in [1.54, 1.807) is 0 Å². The number of hydrogen-bond acceptors (Lipinski definition) is 5. The Morgan fingerprint density at radius 1 is 1.47 bits per heavy atom. The van der Waals surface area contributed by atoms with Crippen LogP contribution in [0.25, 0.3) is 0 Å². The molecule has 1 aromatic heterocycles. The fourth-order valence-electron chi connectivity index (χ4n) is 1.38. The van der Waals surface area contributed by atoms with Gasteiger partial charge in [-0.15, -0.1) is 0 Å². The Labute approximate surface area is 90.0 Å². The smallest absolute Gasteiger partial charge is 0.231 e. The number of hydrogen-bond donors (Lipinski definition) is 1. The second-order valence-corrected chi connectivity index (χ2v) is 3.41. The first-order chi connectivity index (χ1) is 7.31. The highest BCUT2D eigenvalue weighted by atomic mass is 16.5. The molecule has 15 heavy (non-hydrogen) atoms. The van der Waals surface area contributed by atoms with Gasteiger partial charge in [-0.25, -0.2) is 0 Å². The minimum Gasteiger partial charge on any atom is -0.374 e. The molecule has 1 rings (SSSR count). The molecule has 2 N–H and O–H groups in total. The molecule has 0 spiro atoms. The molecule has 5 heteroatoms. The Hall–Kier alpha value is -0.940. The molecule has 1 atom stereocenters. The van der Waals surface area contributed by atoms with Crippen molar-refractivity contribution in [2.24, 2.45) is 5.73 Å². The lowest BCUT2D eigenvalue weighted by molar-refractivity contribution is 0.126. The van der Waals surface area contributed by atoms with Gasteiger partial charge in [-0.1, -0.05) is 18.5 Å². The molecule has 1 unspecified atom stereocenters. The van der Waals surface area contributed by atoms with Crippen molar-refractivity contribution in [2.75, 3.05) is 13.2 Å². The van der Waals surface area contributed by atoms with Gasteiger partial charge in [0.2, 0.25) is 5.89 Å². The maximum Gasteiger partial charge on any atom is 0.231 e. The van der Waals surface area contributed by atoms with Crippen molar-refractivity contribution in [3.8, 4) is 0 Å². The number of aromatic nitrogens is 2. The predicted molar refractivity (Wildman–Crippen MR) is 56.3 cm³/mol. The first kappa shape index (κ1) is 12.1. The summed E-state index contributed by atoms with van der Waals surface area (Å²) in [6, 6.07) is 0. The summed E-state index contributed by atoms with van der Waals surface area (Å²) in [5, 5.41) is 3.84. The molecule has 0 aromatic carbocycles. The van der Waals surface area contributed by atoms with E-state index in [0.717, 1.165) is 12.8 Å². The third-order valence-electron chi connectivity index (χ3n) is 2.19. The van der Waals surface area contributed by atoms with E-state index in [2.05, 4.69) is 17.1 Å². The molecule has 1 heterocycles. The van der Waals surface area contributed by atoms with Crippen LogP contribution in [0.4, 0.5) is 0 Å². The molecule has 0 amide bonds. The van der Waals surface area contributed by atoms with Crippen LogP contribution in [0, 0.1) is 0 Å². The summed E-state index contributed by atoms with van der Waals surface area (Å²) in [6.45, 7) is 5.65. The molecule has 0 saturated carbocycles. The summed E-state index contributed by atoms with van der Waals surface area (Å²) >= 11 is 0. The van der Waals surface area contributed by atoms with Crippen molar-refractivity contribution in [1.82, 2.24) is 10.1 Å². The quantitative estimate of drug-likeness (QED) is 0.742. The maximum atomic E-state index is 5.64. The second kappa shape index (κ2) is 6.53. The van der Waals surface area contributed by atoms with Gasteiger partial charge < -0.3 is 15.0 Å². The SMILES string of the molecule is CCCC(CN)c1nc(COCC)no1. The van der Waals surface area contributed by atoms with Gasteiger partial charge in [-0.2, -0.15) is 4.98 Å². The van der Waals surface area contributed by atoms with Gasteiger partial charge in [0.1, 0.15) is 6.61 Å². The van der Waals surface area contributed by atoms with Crippen LogP contribution in [0.1, 0.15) is 44.3 Å². The van der Waals surface area contributed by atoms with Crippen molar-refractivity contribution < 1.29 is 9.26 Å². The van der Waals surface area contributed by atoms with Crippen LogP contribution in [0.2, 0.25) is 0 Å². The van der Waals surface area contributed by atoms with Gasteiger partial charge in [0, 0.05) is 13.2 Å². The van der Waals surface area contributed by atoms with E-state index in [-0.39, 0.29) is 5.92 Å². The average molecular weight is 213 g/mol. The van der Waals surface area contributed by atoms with Crippen LogP contribution >= 0.6 is 0 Å². The molecule has 0 aliphatic heterocycles. The summed E-state index contributed by atoms with van der Waals surface area (Å²) in [4.78, 5) is 4.25. The van der Waals surface area contributed by atoms with Crippen LogP contribution in [0.15, 0.2) is 4.52 Å². The van der Waals surface area contributed by atoms with E-state index in [1.807, 2.05) is 6.92 Å². The number of nitrogens with zero attached hydrogens (tertiary/aromatic N) is 2. The molecule has 1 aromatic rings. The highest BCUT2D eigenvalue weighted by molar-refractivity contribution is 4.93. The van der Waals surface area contributed by atoms with E-state index in [4.69, 9.17) is 15.0 Å². The zero-order valence-corrected chi connectivity index (χ0v) is 9.40. The molecule has 5 nitrogen and oxygen atoms in total. The molecule has 86 valence electrons. The highest BCUT2D eigenvalue weighted by Gasteiger charge is 2.16. The number of ether oxygens (including phenoxy) is 1. The first-order valence-corrected chi connectivity index (χ1v) is 5.42. The molecule has 0 aliphatic rings. The third kappa shape index (κ3) is 3.60. The highest BCUT2D eigenvalue weighted by Crippen LogP contribution is 2.18. The second-order valence-electron chi connectivity index (χ2n) is 3.41. The third-order valence-corrected chi connectivity index (χ3v) is 2.19. The molecule has 0 fully saturated rings. The van der Waals surface area contributed by atoms with Crippen molar-refractivity contribution in [3.63, 3.8) is 0 Å². The maximum absolute atomic E-state index is 5.64. The van der Waals surface area contributed by atoms with E-state index >= 15 is 0 Å². The van der Waals surface area contributed by atoms with Crippen LogP contribution in [0.3, 0.4) is 0 Å². The molecule has 0 saturated heterocycles. The van der Waals surface area contributed by atoms with Crippen LogP contribution in [0.5, 0.6) is 0 Å². The Morgan fingerprint density at radius 2 is 2.27 bits per heavy atom. The molecular weight excluding hydrogens is 194 g/mol. The summed E-state index contributed by atoms with van der Waals surface area (Å²) < 4.78 is 10.3. The van der Waals surface area contributed by atoms with Gasteiger partial charge >= 0.3 is 0 Å². The van der Waals surface area contributed by atoms with Crippen LogP contribution in [-0.2, 0) is 11.3 Å². The molecule has 0 aliphatic carbocycles. The van der Waals surface area contributed by atoms with Gasteiger partial charge in [0.15, 0.2) is 5.82 Å². The lowest BCUT2D eigenvalue weighted by Crippen LogP contribution is -2.12. The summed E-state index contributed by atoms with van der Waals surface area (Å²) in [7, 11) is 0. The Balaban J connectivity index is 2.56. The van der Waals surface area contributed by atoms with Gasteiger partial charge in [-0.05, 0) is 13.3 Å². The molecule has 0 bridgehead atoms. The van der Waals surface area contributed by atoms with Crippen molar-refractivity contribution in [3.05, 3.63) is 11.7 Å². The fraction of sp³-hybridized carbons (Fsp3) is 0.800. The van der Waals surface area contributed by atoms with E-state index in [0.29, 0.717) is 31.5 Å². The zero-order valence-electron chi connectivity index (χ0n) is 9.40. The Bertz CT molecular complexity index is 275. The van der Waals surface area contributed by atoms with E-state index in [1.165, 1.54) is 0 Å². The minimum absolute atomic E-state index is 0.179. The van der Waals surface area contributed by atoms with Crippen LogP contribution < -0.4 is 5.73 Å². The first-order valence-electron chi connectivity index (χ1n) is 5.42. The Kier molecular flexibility index (Phi) is 5.28. The molecular formula is C10H19N3O2. The van der Waals surface area contributed by atoms with Crippen molar-refractivity contribution >= 4 is 0 Å². The normalized spacial score (nSPS) is 13.0. The molecule has 0 radical (unpaired) electrons. The van der Waals surface area contributed by atoms with Crippen LogP contribution in [-0.4, -0.2) is 23.3 Å². The zero-order chi connectivity index (χ0) is 11.1.